The van der Waals surface area contributed by atoms with E-state index in [4.69, 9.17) is 5.10 Å². The molecule has 2 aromatic carbocycles. The summed E-state index contributed by atoms with van der Waals surface area (Å²) in [6.07, 6.45) is 5.74. The number of hydrogen-bond acceptors (Lipinski definition) is 8. The van der Waals surface area contributed by atoms with E-state index >= 15 is 0 Å². The first kappa shape index (κ1) is 23.8. The van der Waals surface area contributed by atoms with E-state index in [0.29, 0.717) is 0 Å². The molecule has 1 fully saturated rings. The van der Waals surface area contributed by atoms with Gasteiger partial charge in [-0.1, -0.05) is 23.7 Å². The van der Waals surface area contributed by atoms with E-state index in [1.165, 1.54) is 30.3 Å². The zero-order valence-corrected chi connectivity index (χ0v) is 21.3. The first-order chi connectivity index (χ1) is 15.5. The first-order valence-corrected chi connectivity index (χ1v) is 15.2. The van der Waals surface area contributed by atoms with Crippen molar-refractivity contribution in [1.82, 2.24) is 10.1 Å². The number of nitrogens with zero attached hydrogens (tertiary/aromatic N) is 4. The molecule has 1 saturated heterocycles. The molecule has 0 radical (unpaired) electrons. The van der Waals surface area contributed by atoms with Gasteiger partial charge in [0.05, 0.1) is 9.79 Å². The van der Waals surface area contributed by atoms with Gasteiger partial charge in [-0.2, -0.15) is 0 Å². The standard InChI is InChI=1S/C22H27N4O4S3/c1-24-22(31-21(23-24)17-7-11-19(12-8-17)32(2,27)28)26(25-15-5-4-6-16-25)18-9-13-20(14-10-18)33(3,29)30/h7-14H,4-6,15-16H2,1-3H3/q+1. The average Bonchev–Trinajstić information content (AvgIpc) is 3.15. The molecular weight excluding hydrogens is 480 g/mol. The number of hydrazine groups is 1. The van der Waals surface area contributed by atoms with E-state index in [1.54, 1.807) is 36.4 Å². The Hall–Kier alpha value is -2.34. The van der Waals surface area contributed by atoms with Crippen LogP contribution in [-0.4, -0.2) is 52.5 Å². The lowest BCUT2D eigenvalue weighted by Gasteiger charge is -2.30. The normalized spacial score (nSPS) is 15.5. The number of sulfone groups is 2. The van der Waals surface area contributed by atoms with E-state index in [-0.39, 0.29) is 9.79 Å². The molecule has 176 valence electrons. The third-order valence-corrected chi connectivity index (χ3v) is 8.93. The summed E-state index contributed by atoms with van der Waals surface area (Å²) >= 11 is 1.50. The van der Waals surface area contributed by atoms with Gasteiger partial charge in [0.15, 0.2) is 24.7 Å². The summed E-state index contributed by atoms with van der Waals surface area (Å²) in [5, 5.41) is 10.7. The Morgan fingerprint density at radius 2 is 1.36 bits per heavy atom. The fourth-order valence-corrected chi connectivity index (χ4v) is 6.13. The highest BCUT2D eigenvalue weighted by Gasteiger charge is 2.33. The molecule has 11 heteroatoms. The molecule has 0 bridgehead atoms. The number of benzene rings is 2. The van der Waals surface area contributed by atoms with Gasteiger partial charge in [-0.15, -0.1) is 14.7 Å². The van der Waals surface area contributed by atoms with Crippen LogP contribution in [0, 0.1) is 0 Å². The van der Waals surface area contributed by atoms with Crippen molar-refractivity contribution in [2.24, 2.45) is 7.05 Å². The molecule has 33 heavy (non-hydrogen) atoms. The fourth-order valence-electron chi connectivity index (χ4n) is 3.80. The van der Waals surface area contributed by atoms with Crippen LogP contribution in [0.5, 0.6) is 0 Å². The predicted octanol–water partition coefficient (Wildman–Crippen LogP) is 2.98. The summed E-state index contributed by atoms with van der Waals surface area (Å²) in [4.78, 5) is 0.554. The van der Waals surface area contributed by atoms with Crippen LogP contribution in [0.15, 0.2) is 58.3 Å². The zero-order chi connectivity index (χ0) is 23.8. The predicted molar refractivity (Wildman–Crippen MR) is 129 cm³/mol. The highest BCUT2D eigenvalue weighted by Crippen LogP contribution is 2.34. The van der Waals surface area contributed by atoms with Gasteiger partial charge < -0.3 is 0 Å². The van der Waals surface area contributed by atoms with Gasteiger partial charge in [0.25, 0.3) is 0 Å². The minimum Gasteiger partial charge on any atom is -0.224 e. The van der Waals surface area contributed by atoms with Crippen LogP contribution in [0.2, 0.25) is 0 Å². The summed E-state index contributed by atoms with van der Waals surface area (Å²) in [5.41, 5.74) is 1.70. The third kappa shape index (κ3) is 5.26. The third-order valence-electron chi connectivity index (χ3n) is 5.54. The van der Waals surface area contributed by atoms with Crippen LogP contribution in [0.25, 0.3) is 10.6 Å². The van der Waals surface area contributed by atoms with Crippen molar-refractivity contribution < 1.29 is 21.5 Å². The minimum absolute atomic E-state index is 0.272. The maximum Gasteiger partial charge on any atom is 0.382 e. The van der Waals surface area contributed by atoms with Crippen LogP contribution >= 0.6 is 11.3 Å². The molecule has 0 spiro atoms. The van der Waals surface area contributed by atoms with E-state index in [0.717, 1.165) is 47.3 Å². The summed E-state index contributed by atoms with van der Waals surface area (Å²) in [6.45, 7) is 1.79. The lowest BCUT2D eigenvalue weighted by atomic mass is 10.1. The Bertz CT molecular complexity index is 1340. The van der Waals surface area contributed by atoms with E-state index in [1.807, 2.05) is 23.9 Å². The van der Waals surface area contributed by atoms with Crippen LogP contribution in [0.1, 0.15) is 19.3 Å². The van der Waals surface area contributed by atoms with Gasteiger partial charge in [-0.05, 0) is 60.6 Å². The van der Waals surface area contributed by atoms with Crippen LogP contribution in [-0.2, 0) is 26.7 Å². The van der Waals surface area contributed by atoms with Crippen molar-refractivity contribution >= 4 is 41.8 Å². The molecule has 8 nitrogen and oxygen atoms in total. The number of hydrogen-bond donors (Lipinski definition) is 0. The number of piperidine rings is 1. The molecule has 0 atom stereocenters. The number of rotatable bonds is 6. The quantitative estimate of drug-likeness (QED) is 0.474. The SMILES string of the molecule is C[n+]1nc(-c2ccc(S(C)(=O)=O)cc2)sc1N(c1ccc(S(C)(=O)=O)cc1)N1CCCCC1. The zero-order valence-electron chi connectivity index (χ0n) is 18.8. The highest BCUT2D eigenvalue weighted by molar-refractivity contribution is 7.91. The van der Waals surface area contributed by atoms with E-state index < -0.39 is 19.7 Å². The highest BCUT2D eigenvalue weighted by atomic mass is 32.2. The smallest absolute Gasteiger partial charge is 0.224 e. The molecule has 1 aromatic heterocycles. The molecular formula is C22H27N4O4S3+. The molecule has 4 rings (SSSR count). The van der Waals surface area contributed by atoms with Crippen molar-refractivity contribution in [3.05, 3.63) is 48.5 Å². The second-order valence-electron chi connectivity index (χ2n) is 8.20. The van der Waals surface area contributed by atoms with Gasteiger partial charge in [0.1, 0.15) is 12.7 Å². The summed E-state index contributed by atoms with van der Waals surface area (Å²) < 4.78 is 49.2. The first-order valence-electron chi connectivity index (χ1n) is 10.6. The molecule has 1 aliphatic heterocycles. The summed E-state index contributed by atoms with van der Waals surface area (Å²) in [7, 11) is -4.66. The fraction of sp³-hybridized carbons (Fsp3) is 0.364. The van der Waals surface area contributed by atoms with Crippen molar-refractivity contribution in [2.45, 2.75) is 29.1 Å². The molecule has 0 amide bonds. The Labute approximate surface area is 198 Å². The van der Waals surface area contributed by atoms with Crippen molar-refractivity contribution in [3.8, 4) is 10.6 Å². The Morgan fingerprint density at radius 3 is 1.88 bits per heavy atom. The number of aromatic nitrogens is 2. The molecule has 1 aliphatic rings. The van der Waals surface area contributed by atoms with E-state index in [9.17, 15) is 16.8 Å². The second-order valence-corrected chi connectivity index (χ2v) is 13.2. The molecule has 0 aliphatic carbocycles. The van der Waals surface area contributed by atoms with Gasteiger partial charge in [0.2, 0.25) is 0 Å². The van der Waals surface area contributed by atoms with E-state index in [2.05, 4.69) is 10.0 Å². The topological polar surface area (TPSA) is 91.5 Å². The van der Waals surface area contributed by atoms with Gasteiger partial charge >= 0.3 is 5.13 Å². The summed E-state index contributed by atoms with van der Waals surface area (Å²) in [5.74, 6) is 0. The van der Waals surface area contributed by atoms with Crippen LogP contribution < -0.4 is 9.69 Å². The van der Waals surface area contributed by atoms with Crippen molar-refractivity contribution in [2.75, 3.05) is 30.6 Å². The van der Waals surface area contributed by atoms with Crippen molar-refractivity contribution in [1.29, 1.82) is 0 Å². The minimum atomic E-state index is -3.28. The van der Waals surface area contributed by atoms with Gasteiger partial charge in [-0.25, -0.2) is 16.8 Å². The number of aryl methyl sites for hydroxylation is 1. The monoisotopic (exact) mass is 507 g/mol. The number of anilines is 2. The molecule has 0 saturated carbocycles. The Balaban J connectivity index is 1.74. The Morgan fingerprint density at radius 1 is 0.848 bits per heavy atom. The lowest BCUT2D eigenvalue weighted by molar-refractivity contribution is -0.713. The summed E-state index contributed by atoms with van der Waals surface area (Å²) in [6, 6.07) is 13.6. The maximum absolute atomic E-state index is 11.9. The van der Waals surface area contributed by atoms with Gasteiger partial charge in [-0.3, -0.25) is 0 Å². The van der Waals surface area contributed by atoms with Crippen molar-refractivity contribution in [3.63, 3.8) is 0 Å². The van der Waals surface area contributed by atoms with Crippen LogP contribution in [0.3, 0.4) is 0 Å². The molecule has 0 N–H and O–H groups in total. The lowest BCUT2D eigenvalue weighted by Crippen LogP contribution is -2.48. The molecule has 3 aromatic rings. The molecule has 0 unspecified atom stereocenters. The van der Waals surface area contributed by atoms with Gasteiger partial charge in [0, 0.05) is 31.2 Å². The average molecular weight is 508 g/mol. The maximum atomic E-state index is 11.9. The van der Waals surface area contributed by atoms with Crippen LogP contribution in [0.4, 0.5) is 10.8 Å². The second kappa shape index (κ2) is 9.13. The molecule has 2 heterocycles. The Kier molecular flexibility index (Phi) is 6.59. The largest absolute Gasteiger partial charge is 0.382 e.